The molecule has 0 radical (unpaired) electrons. The molecule has 0 aliphatic heterocycles. The maximum absolute atomic E-state index is 10.8. The standard InChI is InChI=1S/C9H18N2O2/c1-3-5-11(7-9(2)13)6-4-10-8-12/h8H,3-7H2,1-2H3,(H,10,12). The first-order valence-electron chi connectivity index (χ1n) is 4.59. The summed E-state index contributed by atoms with van der Waals surface area (Å²) in [5, 5.41) is 2.58. The molecule has 0 aromatic rings. The Morgan fingerprint density at radius 2 is 2.15 bits per heavy atom. The van der Waals surface area contributed by atoms with Gasteiger partial charge in [0.15, 0.2) is 0 Å². The molecule has 0 aliphatic rings. The van der Waals surface area contributed by atoms with Crippen molar-refractivity contribution in [1.29, 1.82) is 0 Å². The van der Waals surface area contributed by atoms with Crippen LogP contribution < -0.4 is 5.32 Å². The Morgan fingerprint density at radius 1 is 1.46 bits per heavy atom. The zero-order valence-electron chi connectivity index (χ0n) is 8.38. The maximum Gasteiger partial charge on any atom is 0.207 e. The molecule has 0 saturated carbocycles. The van der Waals surface area contributed by atoms with Gasteiger partial charge in [-0.05, 0) is 19.9 Å². The fourth-order valence-corrected chi connectivity index (χ4v) is 1.18. The normalized spacial score (nSPS) is 10.1. The predicted octanol–water partition coefficient (Wildman–Crippen LogP) is 0.0334. The van der Waals surface area contributed by atoms with E-state index in [-0.39, 0.29) is 5.78 Å². The zero-order chi connectivity index (χ0) is 10.1. The minimum absolute atomic E-state index is 0.166. The Kier molecular flexibility index (Phi) is 7.20. The van der Waals surface area contributed by atoms with Crippen molar-refractivity contribution in [1.82, 2.24) is 10.2 Å². The molecular formula is C9H18N2O2. The van der Waals surface area contributed by atoms with Gasteiger partial charge in [-0.25, -0.2) is 0 Å². The van der Waals surface area contributed by atoms with Gasteiger partial charge in [-0.3, -0.25) is 14.5 Å². The molecule has 0 unspecified atom stereocenters. The van der Waals surface area contributed by atoms with Crippen molar-refractivity contribution in [2.75, 3.05) is 26.2 Å². The van der Waals surface area contributed by atoms with Crippen LogP contribution in [0.4, 0.5) is 0 Å². The fraction of sp³-hybridized carbons (Fsp3) is 0.778. The maximum atomic E-state index is 10.8. The van der Waals surface area contributed by atoms with Crippen molar-refractivity contribution >= 4 is 12.2 Å². The van der Waals surface area contributed by atoms with Crippen LogP contribution in [-0.2, 0) is 9.59 Å². The molecule has 1 N–H and O–H groups in total. The number of hydrogen-bond acceptors (Lipinski definition) is 3. The van der Waals surface area contributed by atoms with Gasteiger partial charge in [0, 0.05) is 13.1 Å². The van der Waals surface area contributed by atoms with Gasteiger partial charge in [0.2, 0.25) is 6.41 Å². The van der Waals surface area contributed by atoms with Crippen molar-refractivity contribution < 1.29 is 9.59 Å². The number of hydrogen-bond donors (Lipinski definition) is 1. The number of nitrogens with zero attached hydrogens (tertiary/aromatic N) is 1. The summed E-state index contributed by atoms with van der Waals surface area (Å²) >= 11 is 0. The average molecular weight is 186 g/mol. The summed E-state index contributed by atoms with van der Waals surface area (Å²) in [4.78, 5) is 22.8. The second-order valence-corrected chi connectivity index (χ2v) is 3.05. The SMILES string of the molecule is CCCN(CCNC=O)CC(C)=O. The second kappa shape index (κ2) is 7.73. The highest BCUT2D eigenvalue weighted by molar-refractivity contribution is 5.77. The Hall–Kier alpha value is -0.900. The first kappa shape index (κ1) is 12.1. The summed E-state index contributed by atoms with van der Waals surface area (Å²) in [6, 6.07) is 0. The van der Waals surface area contributed by atoms with Gasteiger partial charge in [0.05, 0.1) is 6.54 Å². The molecule has 0 saturated heterocycles. The number of ketones is 1. The largest absolute Gasteiger partial charge is 0.357 e. The number of Topliss-reactive ketones (excluding diaryl/α,β-unsaturated/α-hetero) is 1. The van der Waals surface area contributed by atoms with Crippen molar-refractivity contribution in [3.63, 3.8) is 0 Å². The molecule has 0 atom stereocenters. The molecule has 0 rings (SSSR count). The summed E-state index contributed by atoms with van der Waals surface area (Å²) in [6.45, 7) is 6.38. The molecule has 0 aromatic heterocycles. The van der Waals surface area contributed by atoms with Gasteiger partial charge < -0.3 is 5.32 Å². The van der Waals surface area contributed by atoms with Crippen LogP contribution in [0.25, 0.3) is 0 Å². The van der Waals surface area contributed by atoms with E-state index in [2.05, 4.69) is 12.2 Å². The molecule has 0 bridgehead atoms. The van der Waals surface area contributed by atoms with Gasteiger partial charge in [-0.2, -0.15) is 0 Å². The van der Waals surface area contributed by atoms with Gasteiger partial charge in [-0.1, -0.05) is 6.92 Å². The molecule has 4 heteroatoms. The Bertz CT molecular complexity index is 160. The van der Waals surface area contributed by atoms with E-state index in [1.807, 2.05) is 4.90 Å². The molecule has 13 heavy (non-hydrogen) atoms. The van der Waals surface area contributed by atoms with Gasteiger partial charge in [0.1, 0.15) is 5.78 Å². The highest BCUT2D eigenvalue weighted by Gasteiger charge is 2.04. The van der Waals surface area contributed by atoms with Gasteiger partial charge in [-0.15, -0.1) is 0 Å². The van der Waals surface area contributed by atoms with E-state index in [1.54, 1.807) is 6.92 Å². The summed E-state index contributed by atoms with van der Waals surface area (Å²) in [5.74, 6) is 0.166. The smallest absolute Gasteiger partial charge is 0.207 e. The first-order valence-corrected chi connectivity index (χ1v) is 4.59. The van der Waals surface area contributed by atoms with E-state index < -0.39 is 0 Å². The number of amides is 1. The zero-order valence-corrected chi connectivity index (χ0v) is 8.38. The van der Waals surface area contributed by atoms with E-state index in [9.17, 15) is 9.59 Å². The number of carbonyl (C=O) groups is 2. The Morgan fingerprint density at radius 3 is 2.62 bits per heavy atom. The minimum atomic E-state index is 0.166. The van der Waals surface area contributed by atoms with E-state index >= 15 is 0 Å². The van der Waals surface area contributed by atoms with Crippen molar-refractivity contribution in [3.8, 4) is 0 Å². The third kappa shape index (κ3) is 7.46. The second-order valence-electron chi connectivity index (χ2n) is 3.05. The van der Waals surface area contributed by atoms with Crippen LogP contribution >= 0.6 is 0 Å². The first-order chi connectivity index (χ1) is 6.20. The highest BCUT2D eigenvalue weighted by Crippen LogP contribution is 1.90. The van der Waals surface area contributed by atoms with Gasteiger partial charge in [0.25, 0.3) is 0 Å². The third-order valence-electron chi connectivity index (χ3n) is 1.64. The summed E-state index contributed by atoms with van der Waals surface area (Å²) < 4.78 is 0. The van der Waals surface area contributed by atoms with Crippen LogP contribution in [0.5, 0.6) is 0 Å². The van der Waals surface area contributed by atoms with E-state index in [0.717, 1.165) is 19.5 Å². The Labute approximate surface area is 79.3 Å². The van der Waals surface area contributed by atoms with Crippen LogP contribution in [0.15, 0.2) is 0 Å². The summed E-state index contributed by atoms with van der Waals surface area (Å²) in [6.07, 6.45) is 1.70. The molecule has 0 fully saturated rings. The summed E-state index contributed by atoms with van der Waals surface area (Å²) in [5.41, 5.74) is 0. The molecular weight excluding hydrogens is 168 g/mol. The molecule has 0 aromatic carbocycles. The van der Waals surface area contributed by atoms with Crippen LogP contribution in [0, 0.1) is 0 Å². The number of nitrogens with one attached hydrogen (secondary N) is 1. The van der Waals surface area contributed by atoms with E-state index in [4.69, 9.17) is 0 Å². The minimum Gasteiger partial charge on any atom is -0.357 e. The lowest BCUT2D eigenvalue weighted by Crippen LogP contribution is -2.35. The van der Waals surface area contributed by atoms with E-state index in [0.29, 0.717) is 19.5 Å². The Balaban J connectivity index is 3.65. The monoisotopic (exact) mass is 186 g/mol. The topological polar surface area (TPSA) is 49.4 Å². The van der Waals surface area contributed by atoms with Crippen molar-refractivity contribution in [2.45, 2.75) is 20.3 Å². The van der Waals surface area contributed by atoms with Crippen molar-refractivity contribution in [2.24, 2.45) is 0 Å². The highest BCUT2D eigenvalue weighted by atomic mass is 16.1. The molecule has 0 aliphatic carbocycles. The van der Waals surface area contributed by atoms with E-state index in [1.165, 1.54) is 0 Å². The van der Waals surface area contributed by atoms with Crippen LogP contribution in [-0.4, -0.2) is 43.3 Å². The fourth-order valence-electron chi connectivity index (χ4n) is 1.18. The van der Waals surface area contributed by atoms with Crippen LogP contribution in [0.2, 0.25) is 0 Å². The summed E-state index contributed by atoms with van der Waals surface area (Å²) in [7, 11) is 0. The number of carbonyl (C=O) groups excluding carboxylic acids is 2. The predicted molar refractivity (Wildman–Crippen MR) is 51.5 cm³/mol. The molecule has 0 spiro atoms. The van der Waals surface area contributed by atoms with Crippen LogP contribution in [0.1, 0.15) is 20.3 Å². The molecule has 76 valence electrons. The third-order valence-corrected chi connectivity index (χ3v) is 1.64. The lowest BCUT2D eigenvalue weighted by molar-refractivity contribution is -0.118. The molecule has 1 amide bonds. The quantitative estimate of drug-likeness (QED) is 0.430. The van der Waals surface area contributed by atoms with Gasteiger partial charge >= 0.3 is 0 Å². The lowest BCUT2D eigenvalue weighted by Gasteiger charge is -2.19. The van der Waals surface area contributed by atoms with Crippen LogP contribution in [0.3, 0.4) is 0 Å². The lowest BCUT2D eigenvalue weighted by atomic mass is 10.3. The molecule has 0 heterocycles. The number of rotatable bonds is 8. The van der Waals surface area contributed by atoms with Crippen molar-refractivity contribution in [3.05, 3.63) is 0 Å². The molecule has 4 nitrogen and oxygen atoms in total. The average Bonchev–Trinajstić information content (AvgIpc) is 2.04.